The highest BCUT2D eigenvalue weighted by atomic mass is 32.1. The van der Waals surface area contributed by atoms with Crippen molar-refractivity contribution >= 4 is 34.0 Å². The molecule has 0 spiro atoms. The van der Waals surface area contributed by atoms with Gasteiger partial charge in [-0.15, -0.1) is 22.7 Å². The SMILES string of the molecule is COc1ccc(-c2csc(/N=C/c3cccs3)n2)cc1. The van der Waals surface area contributed by atoms with E-state index in [4.69, 9.17) is 4.74 Å². The zero-order valence-electron chi connectivity index (χ0n) is 10.8. The predicted molar refractivity (Wildman–Crippen MR) is 85.7 cm³/mol. The maximum absolute atomic E-state index is 5.15. The van der Waals surface area contributed by atoms with Crippen molar-refractivity contribution < 1.29 is 4.74 Å². The monoisotopic (exact) mass is 300 g/mol. The van der Waals surface area contributed by atoms with Crippen LogP contribution in [-0.4, -0.2) is 18.3 Å². The molecular formula is C15H12N2OS2. The van der Waals surface area contributed by atoms with Gasteiger partial charge in [-0.05, 0) is 35.7 Å². The lowest BCUT2D eigenvalue weighted by Gasteiger charge is -2.00. The molecule has 0 amide bonds. The van der Waals surface area contributed by atoms with E-state index in [-0.39, 0.29) is 0 Å². The van der Waals surface area contributed by atoms with Crippen LogP contribution in [0.3, 0.4) is 0 Å². The first kappa shape index (κ1) is 13.0. The van der Waals surface area contributed by atoms with E-state index >= 15 is 0 Å². The lowest BCUT2D eigenvalue weighted by Crippen LogP contribution is -1.82. The molecule has 3 aromatic rings. The van der Waals surface area contributed by atoms with Gasteiger partial charge in [0, 0.05) is 22.0 Å². The summed E-state index contributed by atoms with van der Waals surface area (Å²) >= 11 is 3.20. The molecule has 0 bridgehead atoms. The lowest BCUT2D eigenvalue weighted by atomic mass is 10.2. The Balaban J connectivity index is 1.79. The quantitative estimate of drug-likeness (QED) is 0.658. The number of hydrogen-bond donors (Lipinski definition) is 0. The van der Waals surface area contributed by atoms with Crippen molar-refractivity contribution in [3.05, 3.63) is 52.0 Å². The minimum atomic E-state index is 0.768. The lowest BCUT2D eigenvalue weighted by molar-refractivity contribution is 0.415. The summed E-state index contributed by atoms with van der Waals surface area (Å²) in [5.74, 6) is 0.847. The first-order valence-electron chi connectivity index (χ1n) is 6.03. The average molecular weight is 300 g/mol. The summed E-state index contributed by atoms with van der Waals surface area (Å²) in [5.41, 5.74) is 2.01. The summed E-state index contributed by atoms with van der Waals surface area (Å²) in [6.45, 7) is 0. The molecule has 3 nitrogen and oxygen atoms in total. The second-order valence-electron chi connectivity index (χ2n) is 4.02. The molecule has 0 saturated heterocycles. The molecule has 0 aliphatic rings. The Kier molecular flexibility index (Phi) is 3.90. The summed E-state index contributed by atoms with van der Waals surface area (Å²) in [6.07, 6.45) is 1.85. The molecule has 0 radical (unpaired) electrons. The Morgan fingerprint density at radius 2 is 2.00 bits per heavy atom. The fourth-order valence-corrected chi connectivity index (χ4v) is 2.96. The molecule has 0 aliphatic heterocycles. The Hall–Kier alpha value is -1.98. The molecule has 0 saturated carbocycles. The number of aliphatic imine (C=N–C) groups is 1. The summed E-state index contributed by atoms with van der Waals surface area (Å²) in [4.78, 5) is 10.0. The number of methoxy groups -OCH3 is 1. The van der Waals surface area contributed by atoms with Crippen molar-refractivity contribution in [3.8, 4) is 17.0 Å². The Morgan fingerprint density at radius 1 is 1.15 bits per heavy atom. The van der Waals surface area contributed by atoms with Gasteiger partial charge < -0.3 is 4.74 Å². The molecule has 0 fully saturated rings. The highest BCUT2D eigenvalue weighted by molar-refractivity contribution is 7.14. The topological polar surface area (TPSA) is 34.5 Å². The number of thiazole rings is 1. The normalized spacial score (nSPS) is 11.1. The van der Waals surface area contributed by atoms with Crippen LogP contribution in [0.5, 0.6) is 5.75 Å². The number of aromatic nitrogens is 1. The van der Waals surface area contributed by atoms with Crippen molar-refractivity contribution in [1.29, 1.82) is 0 Å². The molecular weight excluding hydrogens is 288 g/mol. The van der Waals surface area contributed by atoms with Gasteiger partial charge in [-0.1, -0.05) is 6.07 Å². The average Bonchev–Trinajstić information content (AvgIpc) is 3.17. The summed E-state index contributed by atoms with van der Waals surface area (Å²) in [5, 5.41) is 4.82. The number of thiophene rings is 1. The molecule has 0 atom stereocenters. The van der Waals surface area contributed by atoms with Gasteiger partial charge in [0.15, 0.2) is 0 Å². The van der Waals surface area contributed by atoms with Crippen LogP contribution in [-0.2, 0) is 0 Å². The third-order valence-electron chi connectivity index (χ3n) is 2.72. The van der Waals surface area contributed by atoms with Crippen molar-refractivity contribution in [3.63, 3.8) is 0 Å². The third kappa shape index (κ3) is 2.95. The molecule has 0 N–H and O–H groups in total. The van der Waals surface area contributed by atoms with Crippen LogP contribution in [0.25, 0.3) is 11.3 Å². The minimum absolute atomic E-state index is 0.768. The fraction of sp³-hybridized carbons (Fsp3) is 0.0667. The van der Waals surface area contributed by atoms with Gasteiger partial charge >= 0.3 is 0 Å². The first-order valence-corrected chi connectivity index (χ1v) is 7.78. The Bertz CT molecular complexity index is 700. The zero-order chi connectivity index (χ0) is 13.8. The third-order valence-corrected chi connectivity index (χ3v) is 4.28. The van der Waals surface area contributed by atoms with Crippen LogP contribution in [0.4, 0.5) is 5.13 Å². The summed E-state index contributed by atoms with van der Waals surface area (Å²) in [7, 11) is 1.66. The summed E-state index contributed by atoms with van der Waals surface area (Å²) in [6, 6.07) is 11.9. The van der Waals surface area contributed by atoms with Crippen molar-refractivity contribution in [2.75, 3.05) is 7.11 Å². The smallest absolute Gasteiger partial charge is 0.209 e. The van der Waals surface area contributed by atoms with Crippen LogP contribution < -0.4 is 4.74 Å². The van der Waals surface area contributed by atoms with E-state index in [2.05, 4.69) is 9.98 Å². The number of ether oxygens (including phenoxy) is 1. The highest BCUT2D eigenvalue weighted by Gasteiger charge is 2.03. The minimum Gasteiger partial charge on any atom is -0.497 e. The van der Waals surface area contributed by atoms with E-state index in [1.807, 2.05) is 53.4 Å². The van der Waals surface area contributed by atoms with Gasteiger partial charge in [0.25, 0.3) is 0 Å². The molecule has 0 aliphatic carbocycles. The van der Waals surface area contributed by atoms with E-state index in [0.717, 1.165) is 27.0 Å². The number of nitrogens with zero attached hydrogens (tertiary/aromatic N) is 2. The standard InChI is InChI=1S/C15H12N2OS2/c1-18-12-6-4-11(5-7-12)14-10-20-15(17-14)16-9-13-3-2-8-19-13/h2-10H,1H3/b16-9+. The number of hydrogen-bond acceptors (Lipinski definition) is 5. The van der Waals surface area contributed by atoms with Gasteiger partial charge in [0.05, 0.1) is 12.8 Å². The van der Waals surface area contributed by atoms with Crippen molar-refractivity contribution in [1.82, 2.24) is 4.98 Å². The van der Waals surface area contributed by atoms with Crippen LogP contribution >= 0.6 is 22.7 Å². The molecule has 1 aromatic carbocycles. The van der Waals surface area contributed by atoms with Gasteiger partial charge in [0.2, 0.25) is 5.13 Å². The number of benzene rings is 1. The van der Waals surface area contributed by atoms with E-state index in [9.17, 15) is 0 Å². The molecule has 0 unspecified atom stereocenters. The van der Waals surface area contributed by atoms with Crippen LogP contribution in [0.2, 0.25) is 0 Å². The van der Waals surface area contributed by atoms with E-state index in [1.165, 1.54) is 0 Å². The van der Waals surface area contributed by atoms with Gasteiger partial charge in [-0.3, -0.25) is 0 Å². The zero-order valence-corrected chi connectivity index (χ0v) is 12.4. The Morgan fingerprint density at radius 3 is 2.70 bits per heavy atom. The van der Waals surface area contributed by atoms with E-state index < -0.39 is 0 Å². The molecule has 5 heteroatoms. The molecule has 20 heavy (non-hydrogen) atoms. The second-order valence-corrected chi connectivity index (χ2v) is 5.83. The van der Waals surface area contributed by atoms with E-state index in [1.54, 1.807) is 29.8 Å². The molecule has 2 aromatic heterocycles. The van der Waals surface area contributed by atoms with Crippen molar-refractivity contribution in [2.24, 2.45) is 4.99 Å². The van der Waals surface area contributed by atoms with Crippen LogP contribution in [0.15, 0.2) is 52.2 Å². The summed E-state index contributed by atoms with van der Waals surface area (Å²) < 4.78 is 5.15. The van der Waals surface area contributed by atoms with Crippen LogP contribution in [0.1, 0.15) is 4.88 Å². The van der Waals surface area contributed by atoms with E-state index in [0.29, 0.717) is 0 Å². The Labute approximate surface area is 125 Å². The second kappa shape index (κ2) is 5.98. The molecule has 3 rings (SSSR count). The largest absolute Gasteiger partial charge is 0.497 e. The fourth-order valence-electron chi connectivity index (χ4n) is 1.70. The van der Waals surface area contributed by atoms with Crippen molar-refractivity contribution in [2.45, 2.75) is 0 Å². The van der Waals surface area contributed by atoms with Gasteiger partial charge in [-0.25, -0.2) is 9.98 Å². The van der Waals surface area contributed by atoms with Gasteiger partial charge in [0.1, 0.15) is 5.75 Å². The molecule has 100 valence electrons. The molecule has 2 heterocycles. The maximum atomic E-state index is 5.15. The van der Waals surface area contributed by atoms with Gasteiger partial charge in [-0.2, -0.15) is 0 Å². The number of rotatable bonds is 4. The first-order chi connectivity index (χ1) is 9.85. The van der Waals surface area contributed by atoms with Crippen LogP contribution in [0, 0.1) is 0 Å². The maximum Gasteiger partial charge on any atom is 0.209 e. The highest BCUT2D eigenvalue weighted by Crippen LogP contribution is 2.28. The predicted octanol–water partition coefficient (Wildman–Crippen LogP) is 4.63.